The van der Waals surface area contributed by atoms with Gasteiger partial charge in [-0.2, -0.15) is 0 Å². The van der Waals surface area contributed by atoms with E-state index < -0.39 is 11.9 Å². The number of ketones is 1. The lowest BCUT2D eigenvalue weighted by atomic mass is 9.91. The van der Waals surface area contributed by atoms with Crippen LogP contribution in [0, 0.1) is 6.92 Å². The monoisotopic (exact) mass is 269 g/mol. The van der Waals surface area contributed by atoms with Crippen molar-refractivity contribution in [2.24, 2.45) is 0 Å². The van der Waals surface area contributed by atoms with Crippen LogP contribution in [0.5, 0.6) is 0 Å². The molecule has 1 N–H and O–H groups in total. The summed E-state index contributed by atoms with van der Waals surface area (Å²) in [7, 11) is 0. The summed E-state index contributed by atoms with van der Waals surface area (Å²) in [6, 6.07) is 12.3. The van der Waals surface area contributed by atoms with E-state index in [0.29, 0.717) is 11.3 Å². The number of carboxylic acids is 1. The van der Waals surface area contributed by atoms with Crippen LogP contribution >= 0.6 is 0 Å². The Morgan fingerprint density at radius 1 is 1.15 bits per heavy atom. The molecule has 102 valence electrons. The predicted octanol–water partition coefficient (Wildman–Crippen LogP) is 2.83. The third kappa shape index (κ3) is 3.29. The first-order chi connectivity index (χ1) is 9.58. The average molecular weight is 269 g/mol. The van der Waals surface area contributed by atoms with Crippen LogP contribution in [0.15, 0.2) is 48.7 Å². The zero-order valence-corrected chi connectivity index (χ0v) is 11.1. The van der Waals surface area contributed by atoms with Crippen LogP contribution in [-0.4, -0.2) is 21.8 Å². The topological polar surface area (TPSA) is 67.3 Å². The lowest BCUT2D eigenvalue weighted by molar-refractivity contribution is -0.137. The first-order valence-corrected chi connectivity index (χ1v) is 6.31. The summed E-state index contributed by atoms with van der Waals surface area (Å²) in [6.07, 6.45) is 1.30. The van der Waals surface area contributed by atoms with Crippen molar-refractivity contribution in [1.29, 1.82) is 0 Å². The van der Waals surface area contributed by atoms with Crippen molar-refractivity contribution in [2.75, 3.05) is 0 Å². The molecule has 1 aromatic heterocycles. The van der Waals surface area contributed by atoms with Crippen molar-refractivity contribution in [2.45, 2.75) is 19.3 Å². The van der Waals surface area contributed by atoms with Crippen molar-refractivity contribution in [3.63, 3.8) is 0 Å². The molecule has 0 saturated heterocycles. The molecule has 1 aromatic carbocycles. The summed E-state index contributed by atoms with van der Waals surface area (Å²) in [5.41, 5.74) is 2.04. The van der Waals surface area contributed by atoms with Gasteiger partial charge in [0.05, 0.1) is 18.0 Å². The lowest BCUT2D eigenvalue weighted by Crippen LogP contribution is -2.18. The normalized spacial score (nSPS) is 11.8. The Morgan fingerprint density at radius 3 is 2.40 bits per heavy atom. The largest absolute Gasteiger partial charge is 0.481 e. The summed E-state index contributed by atoms with van der Waals surface area (Å²) in [4.78, 5) is 27.6. The molecule has 0 aliphatic rings. The number of rotatable bonds is 5. The fourth-order valence-electron chi connectivity index (χ4n) is 2.01. The SMILES string of the molecule is Cc1ccc(C(=O)C(CC(=O)O)c2ccccn2)cc1. The minimum Gasteiger partial charge on any atom is -0.481 e. The highest BCUT2D eigenvalue weighted by Gasteiger charge is 2.25. The molecule has 20 heavy (non-hydrogen) atoms. The van der Waals surface area contributed by atoms with Gasteiger partial charge in [-0.15, -0.1) is 0 Å². The first-order valence-electron chi connectivity index (χ1n) is 6.31. The number of carbonyl (C=O) groups excluding carboxylic acids is 1. The number of aryl methyl sites for hydroxylation is 1. The highest BCUT2D eigenvalue weighted by atomic mass is 16.4. The van der Waals surface area contributed by atoms with Crippen molar-refractivity contribution in [3.05, 3.63) is 65.5 Å². The van der Waals surface area contributed by atoms with E-state index in [1.807, 2.05) is 19.1 Å². The van der Waals surface area contributed by atoms with Crippen LogP contribution in [0.4, 0.5) is 0 Å². The van der Waals surface area contributed by atoms with Crippen molar-refractivity contribution < 1.29 is 14.7 Å². The number of benzene rings is 1. The molecule has 4 nitrogen and oxygen atoms in total. The first kappa shape index (κ1) is 13.9. The molecule has 0 radical (unpaired) electrons. The fraction of sp³-hybridized carbons (Fsp3) is 0.188. The molecule has 0 amide bonds. The Balaban J connectivity index is 2.34. The zero-order chi connectivity index (χ0) is 14.5. The molecule has 2 rings (SSSR count). The third-order valence-corrected chi connectivity index (χ3v) is 3.08. The van der Waals surface area contributed by atoms with Gasteiger partial charge in [-0.25, -0.2) is 0 Å². The van der Waals surface area contributed by atoms with E-state index in [9.17, 15) is 9.59 Å². The van der Waals surface area contributed by atoms with E-state index in [-0.39, 0.29) is 12.2 Å². The number of Topliss-reactive ketones (excluding diaryl/α,β-unsaturated/α-hetero) is 1. The van der Waals surface area contributed by atoms with Crippen molar-refractivity contribution in [1.82, 2.24) is 4.98 Å². The second-order valence-corrected chi connectivity index (χ2v) is 4.64. The molecule has 0 bridgehead atoms. The molecular formula is C16H15NO3. The standard InChI is InChI=1S/C16H15NO3/c1-11-5-7-12(8-6-11)16(20)13(10-15(18)19)14-4-2-3-9-17-14/h2-9,13H,10H2,1H3,(H,18,19). The van der Waals surface area contributed by atoms with Gasteiger partial charge in [0.1, 0.15) is 0 Å². The summed E-state index contributed by atoms with van der Waals surface area (Å²) in [5, 5.41) is 9.01. The summed E-state index contributed by atoms with van der Waals surface area (Å²) < 4.78 is 0. The van der Waals surface area contributed by atoms with E-state index in [1.54, 1.807) is 36.5 Å². The van der Waals surface area contributed by atoms with E-state index in [4.69, 9.17) is 5.11 Å². The molecule has 1 atom stereocenters. The number of carboxylic acid groups (broad SMARTS) is 1. The van der Waals surface area contributed by atoms with Crippen LogP contribution < -0.4 is 0 Å². The van der Waals surface area contributed by atoms with E-state index in [0.717, 1.165) is 5.56 Å². The maximum absolute atomic E-state index is 12.5. The third-order valence-electron chi connectivity index (χ3n) is 3.08. The number of pyridine rings is 1. The van der Waals surface area contributed by atoms with Gasteiger partial charge in [-0.1, -0.05) is 35.9 Å². The van der Waals surface area contributed by atoms with E-state index in [2.05, 4.69) is 4.98 Å². The van der Waals surface area contributed by atoms with Crippen LogP contribution in [0.3, 0.4) is 0 Å². The lowest BCUT2D eigenvalue weighted by Gasteiger charge is -2.13. The number of hydrogen-bond donors (Lipinski definition) is 1. The predicted molar refractivity (Wildman–Crippen MR) is 74.7 cm³/mol. The molecular weight excluding hydrogens is 254 g/mol. The Hall–Kier alpha value is -2.49. The number of carbonyl (C=O) groups is 2. The van der Waals surface area contributed by atoms with Gasteiger partial charge < -0.3 is 5.11 Å². The van der Waals surface area contributed by atoms with Gasteiger partial charge in [0.25, 0.3) is 0 Å². The number of aliphatic carboxylic acids is 1. The molecule has 1 heterocycles. The van der Waals surface area contributed by atoms with Gasteiger partial charge in [-0.3, -0.25) is 14.6 Å². The second-order valence-electron chi connectivity index (χ2n) is 4.64. The Morgan fingerprint density at radius 2 is 1.85 bits per heavy atom. The molecule has 0 fully saturated rings. The van der Waals surface area contributed by atoms with E-state index in [1.165, 1.54) is 0 Å². The van der Waals surface area contributed by atoms with Gasteiger partial charge in [0.2, 0.25) is 0 Å². The quantitative estimate of drug-likeness (QED) is 0.847. The Kier molecular flexibility index (Phi) is 4.25. The average Bonchev–Trinajstić information content (AvgIpc) is 2.45. The zero-order valence-electron chi connectivity index (χ0n) is 11.1. The molecule has 2 aromatic rings. The van der Waals surface area contributed by atoms with Crippen LogP contribution in [0.1, 0.15) is 34.0 Å². The van der Waals surface area contributed by atoms with Gasteiger partial charge in [-0.05, 0) is 19.1 Å². The molecule has 0 spiro atoms. The number of aromatic nitrogens is 1. The van der Waals surface area contributed by atoms with Crippen molar-refractivity contribution >= 4 is 11.8 Å². The molecule has 0 saturated carbocycles. The van der Waals surface area contributed by atoms with Gasteiger partial charge in [0, 0.05) is 11.8 Å². The Bertz CT molecular complexity index is 605. The fourth-order valence-corrected chi connectivity index (χ4v) is 2.01. The molecule has 4 heteroatoms. The number of nitrogens with zero attached hydrogens (tertiary/aromatic N) is 1. The minimum atomic E-state index is -1.01. The molecule has 0 aliphatic heterocycles. The molecule has 0 aliphatic carbocycles. The summed E-state index contributed by atoms with van der Waals surface area (Å²) in [6.45, 7) is 1.93. The minimum absolute atomic E-state index is 0.217. The highest BCUT2D eigenvalue weighted by Crippen LogP contribution is 2.23. The maximum Gasteiger partial charge on any atom is 0.304 e. The summed E-state index contributed by atoms with van der Waals surface area (Å²) >= 11 is 0. The highest BCUT2D eigenvalue weighted by molar-refractivity contribution is 6.02. The maximum atomic E-state index is 12.5. The summed E-state index contributed by atoms with van der Waals surface area (Å²) in [5.74, 6) is -1.98. The van der Waals surface area contributed by atoms with Gasteiger partial charge in [0.15, 0.2) is 5.78 Å². The van der Waals surface area contributed by atoms with Crippen LogP contribution in [0.2, 0.25) is 0 Å². The Labute approximate surface area is 117 Å². The van der Waals surface area contributed by atoms with Crippen LogP contribution in [-0.2, 0) is 4.79 Å². The van der Waals surface area contributed by atoms with Gasteiger partial charge >= 0.3 is 5.97 Å². The molecule has 1 unspecified atom stereocenters. The van der Waals surface area contributed by atoms with E-state index >= 15 is 0 Å². The smallest absolute Gasteiger partial charge is 0.304 e. The van der Waals surface area contributed by atoms with Crippen LogP contribution in [0.25, 0.3) is 0 Å². The number of hydrogen-bond acceptors (Lipinski definition) is 3. The second kappa shape index (κ2) is 6.10. The van der Waals surface area contributed by atoms with Crippen molar-refractivity contribution in [3.8, 4) is 0 Å².